The molecule has 1 atom stereocenters. The lowest BCUT2D eigenvalue weighted by Gasteiger charge is -2.11. The van der Waals surface area contributed by atoms with Crippen molar-refractivity contribution in [2.24, 2.45) is 0 Å². The molecule has 0 aliphatic carbocycles. The van der Waals surface area contributed by atoms with Gasteiger partial charge < -0.3 is 10.6 Å². The second kappa shape index (κ2) is 7.50. The molecule has 17 heavy (non-hydrogen) atoms. The fourth-order valence-corrected chi connectivity index (χ4v) is 2.55. The van der Waals surface area contributed by atoms with Gasteiger partial charge in [-0.1, -0.05) is 18.3 Å². The molecule has 7 heteroatoms. The molecule has 5 nitrogen and oxygen atoms in total. The van der Waals surface area contributed by atoms with Crippen molar-refractivity contribution in [3.63, 3.8) is 0 Å². The Hall–Kier alpha value is -0.820. The van der Waals surface area contributed by atoms with E-state index in [-0.39, 0.29) is 11.9 Å². The maximum atomic E-state index is 11.8. The van der Waals surface area contributed by atoms with Crippen molar-refractivity contribution in [2.45, 2.75) is 26.8 Å². The van der Waals surface area contributed by atoms with E-state index in [0.717, 1.165) is 18.1 Å². The molecule has 0 radical (unpaired) electrons. The normalized spacial score (nSPS) is 12.2. The van der Waals surface area contributed by atoms with Gasteiger partial charge in [-0.25, -0.2) is 0 Å². The van der Waals surface area contributed by atoms with Gasteiger partial charge in [-0.3, -0.25) is 4.79 Å². The van der Waals surface area contributed by atoms with E-state index in [1.807, 2.05) is 25.6 Å². The minimum Gasteiger partial charge on any atom is -0.360 e. The van der Waals surface area contributed by atoms with E-state index in [1.165, 1.54) is 11.3 Å². The Morgan fingerprint density at radius 3 is 2.88 bits per heavy atom. The van der Waals surface area contributed by atoms with Crippen LogP contribution < -0.4 is 10.6 Å². The molecule has 0 spiro atoms. The Morgan fingerprint density at radius 1 is 1.47 bits per heavy atom. The first-order valence-corrected chi connectivity index (χ1v) is 7.60. The number of anilines is 1. The van der Waals surface area contributed by atoms with Crippen LogP contribution in [0.1, 0.15) is 30.6 Å². The molecule has 0 aliphatic heterocycles. The number of aromatic nitrogens is 2. The number of amides is 1. The number of thioether (sulfide) groups is 1. The molecule has 0 saturated carbocycles. The molecule has 1 heterocycles. The van der Waals surface area contributed by atoms with Crippen LogP contribution in [-0.4, -0.2) is 40.2 Å². The summed E-state index contributed by atoms with van der Waals surface area (Å²) in [6.45, 7) is 6.85. The monoisotopic (exact) mass is 274 g/mol. The SMILES string of the molecule is CCNc1nnc(C(=O)NC(C)CSCC)s1. The molecule has 0 aromatic carbocycles. The largest absolute Gasteiger partial charge is 0.360 e. The summed E-state index contributed by atoms with van der Waals surface area (Å²) in [7, 11) is 0. The van der Waals surface area contributed by atoms with Crippen LogP contribution in [0.25, 0.3) is 0 Å². The molecule has 1 unspecified atom stereocenters. The predicted molar refractivity (Wildman–Crippen MR) is 74.0 cm³/mol. The van der Waals surface area contributed by atoms with Crippen LogP contribution >= 0.6 is 23.1 Å². The number of nitrogens with zero attached hydrogens (tertiary/aromatic N) is 2. The first-order chi connectivity index (χ1) is 8.17. The van der Waals surface area contributed by atoms with Crippen LogP contribution in [0.2, 0.25) is 0 Å². The van der Waals surface area contributed by atoms with E-state index in [9.17, 15) is 4.79 Å². The lowest BCUT2D eigenvalue weighted by Crippen LogP contribution is -2.34. The van der Waals surface area contributed by atoms with Crippen LogP contribution in [0.3, 0.4) is 0 Å². The van der Waals surface area contributed by atoms with Crippen molar-refractivity contribution in [1.82, 2.24) is 15.5 Å². The Kier molecular flexibility index (Phi) is 6.28. The van der Waals surface area contributed by atoms with Gasteiger partial charge in [0.15, 0.2) is 0 Å². The van der Waals surface area contributed by atoms with Crippen molar-refractivity contribution in [2.75, 3.05) is 23.4 Å². The smallest absolute Gasteiger partial charge is 0.282 e. The Labute approximate surface area is 110 Å². The highest BCUT2D eigenvalue weighted by molar-refractivity contribution is 7.99. The highest BCUT2D eigenvalue weighted by Gasteiger charge is 2.14. The molecular formula is C10H18N4OS2. The Bertz CT molecular complexity index is 356. The molecule has 0 fully saturated rings. The van der Waals surface area contributed by atoms with Crippen LogP contribution in [-0.2, 0) is 0 Å². The molecule has 0 aliphatic rings. The quantitative estimate of drug-likeness (QED) is 0.794. The average Bonchev–Trinajstić information content (AvgIpc) is 2.75. The highest BCUT2D eigenvalue weighted by Crippen LogP contribution is 2.14. The molecule has 2 N–H and O–H groups in total. The number of hydrogen-bond acceptors (Lipinski definition) is 6. The van der Waals surface area contributed by atoms with Crippen molar-refractivity contribution in [1.29, 1.82) is 0 Å². The average molecular weight is 274 g/mol. The number of carbonyl (C=O) groups excluding carboxylic acids is 1. The van der Waals surface area contributed by atoms with Gasteiger partial charge in [0.1, 0.15) is 0 Å². The third kappa shape index (κ3) is 4.91. The molecule has 1 amide bonds. The third-order valence-electron chi connectivity index (χ3n) is 1.90. The standard InChI is InChI=1S/C10H18N4OS2/c1-4-11-10-14-13-9(17-10)8(15)12-7(3)6-16-5-2/h7H,4-6H2,1-3H3,(H,11,14)(H,12,15). The van der Waals surface area contributed by atoms with E-state index >= 15 is 0 Å². The van der Waals surface area contributed by atoms with Crippen molar-refractivity contribution < 1.29 is 4.79 Å². The summed E-state index contributed by atoms with van der Waals surface area (Å²) in [6.07, 6.45) is 0. The summed E-state index contributed by atoms with van der Waals surface area (Å²) in [6, 6.07) is 0.152. The number of carbonyl (C=O) groups is 1. The van der Waals surface area contributed by atoms with E-state index in [0.29, 0.717) is 10.1 Å². The zero-order chi connectivity index (χ0) is 12.7. The van der Waals surface area contributed by atoms with E-state index in [2.05, 4.69) is 27.8 Å². The molecule has 1 aromatic heterocycles. The van der Waals surface area contributed by atoms with Crippen LogP contribution in [0.15, 0.2) is 0 Å². The second-order valence-electron chi connectivity index (χ2n) is 3.48. The van der Waals surface area contributed by atoms with Gasteiger partial charge in [0.2, 0.25) is 10.1 Å². The third-order valence-corrected chi connectivity index (χ3v) is 3.92. The zero-order valence-corrected chi connectivity index (χ0v) is 12.0. The van der Waals surface area contributed by atoms with Gasteiger partial charge in [-0.05, 0) is 19.6 Å². The van der Waals surface area contributed by atoms with Gasteiger partial charge >= 0.3 is 0 Å². The lowest BCUT2D eigenvalue weighted by atomic mass is 10.4. The number of nitrogens with one attached hydrogen (secondary N) is 2. The van der Waals surface area contributed by atoms with Crippen LogP contribution in [0, 0.1) is 0 Å². The van der Waals surface area contributed by atoms with Gasteiger partial charge in [0.25, 0.3) is 5.91 Å². The van der Waals surface area contributed by atoms with E-state index in [4.69, 9.17) is 0 Å². The predicted octanol–water partition coefficient (Wildman–Crippen LogP) is 1.84. The summed E-state index contributed by atoms with van der Waals surface area (Å²) in [5.74, 6) is 1.83. The summed E-state index contributed by atoms with van der Waals surface area (Å²) >= 11 is 3.09. The van der Waals surface area contributed by atoms with Gasteiger partial charge in [0, 0.05) is 18.3 Å². The molecule has 0 bridgehead atoms. The Morgan fingerprint density at radius 2 is 2.24 bits per heavy atom. The number of rotatable bonds is 7. The lowest BCUT2D eigenvalue weighted by molar-refractivity contribution is 0.0942. The fraction of sp³-hybridized carbons (Fsp3) is 0.700. The van der Waals surface area contributed by atoms with Crippen LogP contribution in [0.5, 0.6) is 0 Å². The molecular weight excluding hydrogens is 256 g/mol. The van der Waals surface area contributed by atoms with Crippen molar-refractivity contribution >= 4 is 34.1 Å². The summed E-state index contributed by atoms with van der Waals surface area (Å²) < 4.78 is 0. The second-order valence-corrected chi connectivity index (χ2v) is 5.77. The first-order valence-electron chi connectivity index (χ1n) is 5.63. The maximum Gasteiger partial charge on any atom is 0.282 e. The number of hydrogen-bond donors (Lipinski definition) is 2. The minimum absolute atomic E-state index is 0.143. The van der Waals surface area contributed by atoms with Gasteiger partial charge in [-0.2, -0.15) is 11.8 Å². The van der Waals surface area contributed by atoms with Crippen molar-refractivity contribution in [3.8, 4) is 0 Å². The van der Waals surface area contributed by atoms with Crippen LogP contribution in [0.4, 0.5) is 5.13 Å². The molecule has 96 valence electrons. The molecule has 1 rings (SSSR count). The summed E-state index contributed by atoms with van der Waals surface area (Å²) in [5.41, 5.74) is 0. The maximum absolute atomic E-state index is 11.8. The Balaban J connectivity index is 2.45. The highest BCUT2D eigenvalue weighted by atomic mass is 32.2. The first kappa shape index (κ1) is 14.2. The fourth-order valence-electron chi connectivity index (χ4n) is 1.16. The van der Waals surface area contributed by atoms with E-state index < -0.39 is 0 Å². The van der Waals surface area contributed by atoms with Gasteiger partial charge in [-0.15, -0.1) is 10.2 Å². The topological polar surface area (TPSA) is 66.9 Å². The minimum atomic E-state index is -0.143. The summed E-state index contributed by atoms with van der Waals surface area (Å²) in [4.78, 5) is 11.8. The molecule has 1 aromatic rings. The van der Waals surface area contributed by atoms with Crippen molar-refractivity contribution in [3.05, 3.63) is 5.01 Å². The molecule has 0 saturated heterocycles. The zero-order valence-electron chi connectivity index (χ0n) is 10.3. The summed E-state index contributed by atoms with van der Waals surface area (Å²) in [5, 5.41) is 14.8. The van der Waals surface area contributed by atoms with Gasteiger partial charge in [0.05, 0.1) is 0 Å². The van der Waals surface area contributed by atoms with E-state index in [1.54, 1.807) is 0 Å².